The Kier molecular flexibility index (Phi) is 5.77. The number of rotatable bonds is 5. The normalized spacial score (nSPS) is 15.4. The number of hydrogen-bond acceptors (Lipinski definition) is 6. The molecule has 2 heterocycles. The van der Waals surface area contributed by atoms with Gasteiger partial charge in [-0.15, -0.1) is 0 Å². The Morgan fingerprint density at radius 1 is 1.06 bits per heavy atom. The summed E-state index contributed by atoms with van der Waals surface area (Å²) in [6, 6.07) is 14.8. The number of carbonyl (C=O) groups is 2. The highest BCUT2D eigenvalue weighted by molar-refractivity contribution is 6.04. The van der Waals surface area contributed by atoms with Crippen LogP contribution in [-0.2, 0) is 11.3 Å². The Morgan fingerprint density at radius 3 is 2.44 bits per heavy atom. The van der Waals surface area contributed by atoms with Gasteiger partial charge in [0.15, 0.2) is 5.82 Å². The van der Waals surface area contributed by atoms with Crippen LogP contribution in [0.4, 0.5) is 23.1 Å². The van der Waals surface area contributed by atoms with Crippen LogP contribution in [0.2, 0.25) is 0 Å². The third kappa shape index (κ3) is 4.25. The Morgan fingerprint density at radius 2 is 1.75 bits per heavy atom. The number of hydrogen-bond donors (Lipinski definition) is 2. The summed E-state index contributed by atoms with van der Waals surface area (Å²) in [6.45, 7) is 4.37. The van der Waals surface area contributed by atoms with Gasteiger partial charge in [-0.2, -0.15) is 4.98 Å². The zero-order valence-electron chi connectivity index (χ0n) is 18.6. The highest BCUT2D eigenvalue weighted by atomic mass is 16.2. The molecule has 0 saturated carbocycles. The maximum atomic E-state index is 12.4. The van der Waals surface area contributed by atoms with E-state index in [0.29, 0.717) is 29.6 Å². The Balaban J connectivity index is 1.39. The average Bonchev–Trinajstić information content (AvgIpc) is 2.81. The Hall–Kier alpha value is -3.94. The maximum absolute atomic E-state index is 12.4. The number of fused-ring (bicyclic) bond motifs is 1. The molecule has 0 fully saturated rings. The first-order chi connectivity index (χ1) is 15.3. The van der Waals surface area contributed by atoms with E-state index >= 15 is 0 Å². The average molecular weight is 431 g/mol. The van der Waals surface area contributed by atoms with Gasteiger partial charge in [0, 0.05) is 31.9 Å². The van der Waals surface area contributed by atoms with Crippen molar-refractivity contribution in [1.29, 1.82) is 0 Å². The number of likely N-dealkylation sites (N-methyl/N-ethyl adjacent to an activating group) is 2. The number of aromatic nitrogens is 2. The van der Waals surface area contributed by atoms with Crippen molar-refractivity contribution in [3.8, 4) is 0 Å². The van der Waals surface area contributed by atoms with Crippen LogP contribution in [-0.4, -0.2) is 41.9 Å². The van der Waals surface area contributed by atoms with E-state index in [9.17, 15) is 9.59 Å². The third-order valence-electron chi connectivity index (χ3n) is 5.69. The predicted octanol–water partition coefficient (Wildman–Crippen LogP) is 3.45. The van der Waals surface area contributed by atoms with Gasteiger partial charge in [0.1, 0.15) is 11.7 Å². The van der Waals surface area contributed by atoms with E-state index in [-0.39, 0.29) is 17.9 Å². The monoisotopic (exact) mass is 430 g/mol. The summed E-state index contributed by atoms with van der Waals surface area (Å²) in [5.74, 6) is 1.08. The van der Waals surface area contributed by atoms with Crippen molar-refractivity contribution in [3.63, 3.8) is 0 Å². The van der Waals surface area contributed by atoms with Gasteiger partial charge >= 0.3 is 0 Å². The quantitative estimate of drug-likeness (QED) is 0.644. The third-order valence-corrected chi connectivity index (χ3v) is 5.69. The SMILES string of the molecule is Cc1ccc(C(=O)Nc2ccc(CNc3ncc4c(n3)N(C)C(C)C(=O)N4C)cc2)cc1. The predicted molar refractivity (Wildman–Crippen MR) is 126 cm³/mol. The molecular weight excluding hydrogens is 404 g/mol. The van der Waals surface area contributed by atoms with Gasteiger partial charge in [-0.3, -0.25) is 9.59 Å². The highest BCUT2D eigenvalue weighted by Crippen LogP contribution is 2.32. The van der Waals surface area contributed by atoms with Crippen molar-refractivity contribution in [1.82, 2.24) is 9.97 Å². The molecule has 8 nitrogen and oxygen atoms in total. The first kappa shape index (κ1) is 21.3. The number of amides is 2. The number of nitrogens with one attached hydrogen (secondary N) is 2. The number of anilines is 4. The van der Waals surface area contributed by atoms with Crippen LogP contribution in [0.25, 0.3) is 0 Å². The van der Waals surface area contributed by atoms with Gasteiger partial charge < -0.3 is 20.4 Å². The molecule has 0 aliphatic carbocycles. The number of nitrogens with zero attached hydrogens (tertiary/aromatic N) is 4. The summed E-state index contributed by atoms with van der Waals surface area (Å²) < 4.78 is 0. The summed E-state index contributed by atoms with van der Waals surface area (Å²) in [6.07, 6.45) is 1.66. The van der Waals surface area contributed by atoms with Gasteiger partial charge in [0.25, 0.3) is 5.91 Å². The van der Waals surface area contributed by atoms with Gasteiger partial charge in [-0.25, -0.2) is 4.98 Å². The van der Waals surface area contributed by atoms with Gasteiger partial charge in [-0.1, -0.05) is 29.8 Å². The molecule has 1 aliphatic heterocycles. The zero-order valence-corrected chi connectivity index (χ0v) is 18.6. The number of aryl methyl sites for hydroxylation is 1. The van der Waals surface area contributed by atoms with Crippen molar-refractivity contribution < 1.29 is 9.59 Å². The topological polar surface area (TPSA) is 90.5 Å². The standard InChI is InChI=1S/C24H26N6O2/c1-15-5-9-18(10-6-15)22(31)27-19-11-7-17(8-12-19)13-25-24-26-14-20-21(28-24)29(3)16(2)23(32)30(20)4/h5-12,14,16H,13H2,1-4H3,(H,27,31)(H,25,26,28). The lowest BCUT2D eigenvalue weighted by atomic mass is 10.1. The molecule has 3 aromatic rings. The van der Waals surface area contributed by atoms with Crippen LogP contribution >= 0.6 is 0 Å². The van der Waals surface area contributed by atoms with E-state index in [0.717, 1.165) is 16.8 Å². The van der Waals surface area contributed by atoms with Crippen molar-refractivity contribution in [3.05, 3.63) is 71.4 Å². The highest BCUT2D eigenvalue weighted by Gasteiger charge is 2.32. The second kappa shape index (κ2) is 8.66. The van der Waals surface area contributed by atoms with Crippen LogP contribution in [0.1, 0.15) is 28.4 Å². The molecule has 32 heavy (non-hydrogen) atoms. The minimum absolute atomic E-state index is 0.0128. The largest absolute Gasteiger partial charge is 0.350 e. The lowest BCUT2D eigenvalue weighted by molar-refractivity contribution is -0.119. The summed E-state index contributed by atoms with van der Waals surface area (Å²) in [5, 5.41) is 6.13. The lowest BCUT2D eigenvalue weighted by Crippen LogP contribution is -2.49. The summed E-state index contributed by atoms with van der Waals surface area (Å²) in [4.78, 5) is 37.0. The van der Waals surface area contributed by atoms with E-state index in [1.165, 1.54) is 0 Å². The maximum Gasteiger partial charge on any atom is 0.255 e. The molecule has 0 radical (unpaired) electrons. The molecule has 0 bridgehead atoms. The van der Waals surface area contributed by atoms with Gasteiger partial charge in [-0.05, 0) is 43.7 Å². The van der Waals surface area contributed by atoms with Crippen LogP contribution < -0.4 is 20.4 Å². The summed E-state index contributed by atoms with van der Waals surface area (Å²) >= 11 is 0. The van der Waals surface area contributed by atoms with Crippen molar-refractivity contribution >= 4 is 35.0 Å². The molecule has 2 N–H and O–H groups in total. The fraction of sp³-hybridized carbons (Fsp3) is 0.250. The summed E-state index contributed by atoms with van der Waals surface area (Å²) in [7, 11) is 3.59. The van der Waals surface area contributed by atoms with Crippen molar-refractivity contribution in [2.24, 2.45) is 0 Å². The molecule has 0 spiro atoms. The zero-order chi connectivity index (χ0) is 22.8. The van der Waals surface area contributed by atoms with Crippen LogP contribution in [0.3, 0.4) is 0 Å². The van der Waals surface area contributed by atoms with Crippen LogP contribution in [0, 0.1) is 6.92 Å². The lowest BCUT2D eigenvalue weighted by Gasteiger charge is -2.36. The first-order valence-electron chi connectivity index (χ1n) is 10.4. The molecule has 164 valence electrons. The number of carbonyl (C=O) groups excluding carboxylic acids is 2. The van der Waals surface area contributed by atoms with Crippen LogP contribution in [0.15, 0.2) is 54.7 Å². The second-order valence-electron chi connectivity index (χ2n) is 7.96. The molecule has 0 saturated heterocycles. The molecule has 2 amide bonds. The molecule has 4 rings (SSSR count). The Labute approximate surface area is 187 Å². The van der Waals surface area contributed by atoms with E-state index in [2.05, 4.69) is 20.6 Å². The van der Waals surface area contributed by atoms with E-state index in [4.69, 9.17) is 0 Å². The summed E-state index contributed by atoms with van der Waals surface area (Å²) in [5.41, 5.74) is 4.18. The number of benzene rings is 2. The van der Waals surface area contributed by atoms with E-state index < -0.39 is 0 Å². The van der Waals surface area contributed by atoms with Crippen LogP contribution in [0.5, 0.6) is 0 Å². The van der Waals surface area contributed by atoms with Gasteiger partial charge in [0.05, 0.1) is 6.20 Å². The van der Waals surface area contributed by atoms with Crippen molar-refractivity contribution in [2.75, 3.05) is 34.5 Å². The fourth-order valence-corrected chi connectivity index (χ4v) is 3.49. The van der Waals surface area contributed by atoms with E-state index in [1.54, 1.807) is 18.1 Å². The minimum Gasteiger partial charge on any atom is -0.350 e. The van der Waals surface area contributed by atoms with E-state index in [1.807, 2.05) is 74.3 Å². The smallest absolute Gasteiger partial charge is 0.255 e. The molecule has 1 unspecified atom stereocenters. The van der Waals surface area contributed by atoms with Gasteiger partial charge in [0.2, 0.25) is 11.9 Å². The molecular formula is C24H26N6O2. The first-order valence-corrected chi connectivity index (χ1v) is 10.4. The fourth-order valence-electron chi connectivity index (χ4n) is 3.49. The second-order valence-corrected chi connectivity index (χ2v) is 7.96. The Bertz CT molecular complexity index is 1140. The molecule has 8 heteroatoms. The molecule has 1 aromatic heterocycles. The minimum atomic E-state index is -0.280. The van der Waals surface area contributed by atoms with Crippen molar-refractivity contribution in [2.45, 2.75) is 26.4 Å². The molecule has 1 atom stereocenters. The molecule has 1 aliphatic rings. The molecule has 2 aromatic carbocycles.